The molecule has 45 heavy (non-hydrogen) atoms. The highest BCUT2D eigenvalue weighted by Crippen LogP contribution is 2.44. The highest BCUT2D eigenvalue weighted by Gasteiger charge is 2.43. The van der Waals surface area contributed by atoms with Crippen molar-refractivity contribution in [2.75, 3.05) is 45.9 Å². The van der Waals surface area contributed by atoms with Crippen LogP contribution in [0.5, 0.6) is 0 Å². The maximum atomic E-state index is 12.8. The minimum Gasteiger partial charge on any atom is -0.578 e. The zero-order valence-electron chi connectivity index (χ0n) is 24.4. The molecule has 0 bridgehead atoms. The topological polar surface area (TPSA) is 233 Å². The van der Waals surface area contributed by atoms with Crippen LogP contribution >= 0.6 is 31.5 Å². The molecule has 4 aromatic heterocycles. The van der Waals surface area contributed by atoms with E-state index in [2.05, 4.69) is 34.4 Å². The van der Waals surface area contributed by atoms with Gasteiger partial charge in [-0.15, -0.1) is 4.31 Å². The Kier molecular flexibility index (Phi) is 10.4. The summed E-state index contributed by atoms with van der Waals surface area (Å²) in [4.78, 5) is 25.3. The van der Waals surface area contributed by atoms with E-state index >= 15 is 0 Å². The fraction of sp³-hybridized carbons (Fsp3) is 0.565. The molecule has 8 atom stereocenters. The van der Waals surface area contributed by atoms with Crippen molar-refractivity contribution in [1.29, 1.82) is 0 Å². The van der Waals surface area contributed by atoms with Gasteiger partial charge >= 0.3 is 8.53 Å². The first-order valence-electron chi connectivity index (χ1n) is 13.7. The van der Waals surface area contributed by atoms with Crippen LogP contribution in [0, 0.1) is 0 Å². The highest BCUT2D eigenvalue weighted by molar-refractivity contribution is 14.1. The zero-order valence-corrected chi connectivity index (χ0v) is 28.2. The van der Waals surface area contributed by atoms with Crippen LogP contribution < -0.4 is 16.0 Å². The molecule has 0 spiro atoms. The number of halogens is 1. The largest absolute Gasteiger partial charge is 0.578 e. The molecule has 2 aliphatic heterocycles. The molecule has 0 aliphatic carbocycles. The monoisotopic (exact) mass is 778 g/mol. The van der Waals surface area contributed by atoms with Gasteiger partial charge in [0, 0.05) is 34.0 Å². The third-order valence-electron chi connectivity index (χ3n) is 7.27. The molecule has 0 saturated carbocycles. The van der Waals surface area contributed by atoms with Gasteiger partial charge in [0.15, 0.2) is 22.9 Å². The zero-order chi connectivity index (χ0) is 31.7. The van der Waals surface area contributed by atoms with Crippen molar-refractivity contribution < 1.29 is 30.9 Å². The molecular weight excluding hydrogens is 746 g/mol. The van der Waals surface area contributed by atoms with E-state index in [4.69, 9.17) is 37.8 Å². The van der Waals surface area contributed by atoms with E-state index in [0.717, 1.165) is 0 Å². The molecule has 6 rings (SSSR count). The van der Waals surface area contributed by atoms with Gasteiger partial charge in [0.05, 0.1) is 32.0 Å². The molecule has 4 aromatic rings. The number of ether oxygens (including phenoxy) is 3. The Morgan fingerprint density at radius 1 is 0.956 bits per heavy atom. The average Bonchev–Trinajstić information content (AvgIpc) is 3.81. The van der Waals surface area contributed by atoms with Gasteiger partial charge in [-0.2, -0.15) is 0 Å². The summed E-state index contributed by atoms with van der Waals surface area (Å²) in [7, 11) is 3.00. The summed E-state index contributed by atoms with van der Waals surface area (Å²) in [6, 6.07) is 0. The van der Waals surface area contributed by atoms with Gasteiger partial charge in [-0.05, 0) is 4.49 Å². The summed E-state index contributed by atoms with van der Waals surface area (Å²) >= 11 is 0.244. The molecule has 244 valence electrons. The summed E-state index contributed by atoms with van der Waals surface area (Å²) in [6.07, 6.45) is 4.17. The predicted molar refractivity (Wildman–Crippen MR) is 170 cm³/mol. The van der Waals surface area contributed by atoms with E-state index in [1.54, 1.807) is 43.0 Å². The normalized spacial score (nSPS) is 26.8. The lowest BCUT2D eigenvalue weighted by molar-refractivity contribution is -0.0513. The van der Waals surface area contributed by atoms with Crippen molar-refractivity contribution in [2.24, 2.45) is 0 Å². The number of hydrogen-bond donors (Lipinski definition) is 3. The van der Waals surface area contributed by atoms with Crippen molar-refractivity contribution >= 4 is 77.0 Å². The smallest absolute Gasteiger partial charge is 0.303 e. The maximum absolute atomic E-state index is 12.8. The summed E-state index contributed by atoms with van der Waals surface area (Å²) in [6.45, 7) is 0.321. The van der Waals surface area contributed by atoms with Gasteiger partial charge in [0.25, 0.3) is 0 Å². The Bertz CT molecular complexity index is 1600. The van der Waals surface area contributed by atoms with Crippen molar-refractivity contribution in [3.63, 3.8) is 0 Å². The molecule has 2 saturated heterocycles. The summed E-state index contributed by atoms with van der Waals surface area (Å²) in [5.74, 6) is 0.554. The number of rotatable bonds is 13. The minimum absolute atomic E-state index is 0.0750. The number of nitrogens with two attached hydrogens (primary N) is 2. The molecule has 2 aliphatic rings. The van der Waals surface area contributed by atoms with Gasteiger partial charge in [-0.1, -0.05) is 0 Å². The van der Waals surface area contributed by atoms with Crippen LogP contribution in [0.4, 0.5) is 11.6 Å². The van der Waals surface area contributed by atoms with Crippen molar-refractivity contribution in [3.05, 3.63) is 25.3 Å². The first-order chi connectivity index (χ1) is 21.8. The lowest BCUT2D eigenvalue weighted by Gasteiger charge is -2.26. The molecule has 0 aromatic carbocycles. The van der Waals surface area contributed by atoms with Crippen LogP contribution in [0.25, 0.3) is 22.3 Å². The molecule has 0 radical (unpaired) electrons. The first kappa shape index (κ1) is 32.8. The quantitative estimate of drug-likeness (QED) is 0.0981. The second-order valence-electron chi connectivity index (χ2n) is 10.3. The lowest BCUT2D eigenvalue weighted by Crippen LogP contribution is -2.36. The van der Waals surface area contributed by atoms with Crippen molar-refractivity contribution in [2.45, 2.75) is 49.7 Å². The van der Waals surface area contributed by atoms with E-state index in [0.29, 0.717) is 35.2 Å². The Morgan fingerprint density at radius 2 is 1.51 bits per heavy atom. The summed E-state index contributed by atoms with van der Waals surface area (Å²) in [5.41, 5.74) is 14.0. The van der Waals surface area contributed by atoms with Crippen molar-refractivity contribution in [3.8, 4) is 0 Å². The first-order valence-corrected chi connectivity index (χ1v) is 16.8. The predicted octanol–water partition coefficient (Wildman–Crippen LogP) is 1.15. The number of fused-ring (bicyclic) bond motifs is 2. The fourth-order valence-electron chi connectivity index (χ4n) is 5.06. The number of nitrogen functional groups attached to an aromatic ring is 2. The number of methoxy groups -OCH3 is 1. The standard InChI is InChI=1S/C23H32IN12O7PS/c1-34(2)45(37)33-44(39-7-15-12(42-24)4-16(41-15)35-10-31-18-20(25)27-8-29-22(18)35)43-13-5-17(40-14(13)6-38-3)36-11-32-19-21(26)28-9-30-23(19)36/h8-17,33H,4-7H2,1-3H3,(H2,25,27,29)(H2,26,28,30). The molecule has 8 unspecified atom stereocenters. The van der Waals surface area contributed by atoms with Gasteiger partial charge in [0.1, 0.15) is 89.0 Å². The molecule has 2 fully saturated rings. The Balaban J connectivity index is 1.16. The highest BCUT2D eigenvalue weighted by atomic mass is 127. The molecule has 19 nitrogen and oxygen atoms in total. The number of nitrogens with one attached hydrogen (secondary N) is 1. The van der Waals surface area contributed by atoms with Gasteiger partial charge in [0.2, 0.25) is 0 Å². The van der Waals surface area contributed by atoms with Crippen molar-refractivity contribution in [1.82, 2.24) is 47.8 Å². The molecule has 0 amide bonds. The van der Waals surface area contributed by atoms with Crippen LogP contribution in [0.2, 0.25) is 0 Å². The molecule has 5 N–H and O–H groups in total. The van der Waals surface area contributed by atoms with Crippen LogP contribution in [-0.4, -0.2) is 107 Å². The summed E-state index contributed by atoms with van der Waals surface area (Å²) < 4.78 is 57.3. The number of aromatic nitrogens is 8. The molecule has 22 heteroatoms. The SMILES string of the molecule is COCC1OC(n2cnc3c(N)ncnc32)CC1OP(N[S+]([O-])N(C)C)OCC1OC(n2cnc3c(N)ncnc32)CC1OI. The fourth-order valence-corrected chi connectivity index (χ4v) is 7.95. The van der Waals surface area contributed by atoms with Gasteiger partial charge < -0.3 is 42.3 Å². The molecule has 6 heterocycles. The van der Waals surface area contributed by atoms with Gasteiger partial charge in [-0.3, -0.25) is 9.13 Å². The number of imidazole rings is 2. The van der Waals surface area contributed by atoms with Crippen LogP contribution in [0.15, 0.2) is 25.3 Å². The second kappa shape index (κ2) is 14.3. The minimum atomic E-state index is -1.92. The van der Waals surface area contributed by atoms with Crippen LogP contribution in [0.1, 0.15) is 25.3 Å². The molecular formula is C23H32IN12O7PS. The lowest BCUT2D eigenvalue weighted by atomic mass is 10.2. The maximum Gasteiger partial charge on any atom is 0.303 e. The Morgan fingerprint density at radius 3 is 2.04 bits per heavy atom. The second-order valence-corrected chi connectivity index (χ2v) is 13.8. The number of nitrogens with zero attached hydrogens (tertiary/aromatic N) is 9. The number of hydrogen-bond acceptors (Lipinski definition) is 17. The van der Waals surface area contributed by atoms with Gasteiger partial charge in [-0.25, -0.2) is 29.9 Å². The Hall–Kier alpha value is -2.15. The van der Waals surface area contributed by atoms with E-state index in [1.165, 1.54) is 17.0 Å². The average molecular weight is 779 g/mol. The van der Waals surface area contributed by atoms with Crippen LogP contribution in [0.3, 0.4) is 0 Å². The van der Waals surface area contributed by atoms with E-state index in [-0.39, 0.29) is 31.0 Å². The number of anilines is 2. The van der Waals surface area contributed by atoms with E-state index in [9.17, 15) is 4.55 Å². The third kappa shape index (κ3) is 6.94. The van der Waals surface area contributed by atoms with Crippen LogP contribution in [-0.2, 0) is 37.9 Å². The van der Waals surface area contributed by atoms with E-state index in [1.807, 2.05) is 23.0 Å². The summed E-state index contributed by atoms with van der Waals surface area (Å²) in [5, 5.41) is 0. The Labute approximate surface area is 275 Å². The third-order valence-corrected chi connectivity index (χ3v) is 10.7. The van der Waals surface area contributed by atoms with E-state index < -0.39 is 50.8 Å².